The standard InChI is InChI=1S/C18H19FN2O2.C17H21FN2O/c1-11(2)15-8-14(19)9-16(18(15)22-10-20)13-5-6-21-17(7-13)23-12(3)4;1-10(2)14-8-13(18)9-15(17(14)19)12-5-6-20-16(7-12)21-11(3)4/h5-9,11-12H,1-4H3;5-11H,19H2,1-4H3. The molecule has 0 amide bonds. The van der Waals surface area contributed by atoms with Gasteiger partial charge in [0.05, 0.1) is 12.2 Å². The normalized spacial score (nSPS) is 10.9. The van der Waals surface area contributed by atoms with Gasteiger partial charge < -0.3 is 19.9 Å². The molecule has 4 rings (SSSR count). The number of rotatable bonds is 9. The molecule has 0 radical (unpaired) electrons. The Bertz CT molecular complexity index is 1610. The second kappa shape index (κ2) is 15.1. The number of hydrogen-bond donors (Lipinski definition) is 1. The predicted octanol–water partition coefficient (Wildman–Crippen LogP) is 9.04. The van der Waals surface area contributed by atoms with Crippen molar-refractivity contribution >= 4 is 5.69 Å². The highest BCUT2D eigenvalue weighted by molar-refractivity contribution is 5.79. The zero-order valence-corrected chi connectivity index (χ0v) is 26.5. The van der Waals surface area contributed by atoms with Crippen LogP contribution < -0.4 is 19.9 Å². The van der Waals surface area contributed by atoms with Gasteiger partial charge in [-0.3, -0.25) is 0 Å². The van der Waals surface area contributed by atoms with E-state index in [-0.39, 0.29) is 35.7 Å². The molecule has 2 aromatic heterocycles. The molecule has 0 atom stereocenters. The third kappa shape index (κ3) is 8.90. The van der Waals surface area contributed by atoms with Gasteiger partial charge >= 0.3 is 0 Å². The molecule has 7 nitrogen and oxygen atoms in total. The van der Waals surface area contributed by atoms with Crippen LogP contribution in [0.25, 0.3) is 22.3 Å². The van der Waals surface area contributed by atoms with Crippen molar-refractivity contribution in [2.24, 2.45) is 0 Å². The maximum atomic E-state index is 14.0. The van der Waals surface area contributed by atoms with Gasteiger partial charge in [0.25, 0.3) is 6.26 Å². The number of pyridine rings is 2. The quantitative estimate of drug-likeness (QED) is 0.151. The second-order valence-corrected chi connectivity index (χ2v) is 11.4. The Labute approximate surface area is 258 Å². The lowest BCUT2D eigenvalue weighted by Gasteiger charge is -2.16. The summed E-state index contributed by atoms with van der Waals surface area (Å²) in [6.45, 7) is 15.5. The van der Waals surface area contributed by atoms with Gasteiger partial charge in [-0.25, -0.2) is 18.7 Å². The van der Waals surface area contributed by atoms with Crippen molar-refractivity contribution in [1.29, 1.82) is 5.26 Å². The largest absolute Gasteiger partial charge is 0.475 e. The second-order valence-electron chi connectivity index (χ2n) is 11.4. The molecule has 2 heterocycles. The summed E-state index contributed by atoms with van der Waals surface area (Å²) in [6, 6.07) is 12.7. The van der Waals surface area contributed by atoms with E-state index in [0.717, 1.165) is 11.1 Å². The summed E-state index contributed by atoms with van der Waals surface area (Å²) >= 11 is 0. The molecule has 0 bridgehead atoms. The van der Waals surface area contributed by atoms with E-state index in [1.165, 1.54) is 24.3 Å². The highest BCUT2D eigenvalue weighted by atomic mass is 19.1. The molecule has 0 unspecified atom stereocenters. The summed E-state index contributed by atoms with van der Waals surface area (Å²) in [5.74, 6) is 0.829. The van der Waals surface area contributed by atoms with Crippen molar-refractivity contribution in [3.8, 4) is 46.0 Å². The van der Waals surface area contributed by atoms with Gasteiger partial charge in [-0.15, -0.1) is 5.26 Å². The smallest absolute Gasteiger partial charge is 0.292 e. The first-order chi connectivity index (χ1) is 20.8. The molecule has 2 N–H and O–H groups in total. The van der Waals surface area contributed by atoms with E-state index >= 15 is 0 Å². The Morgan fingerprint density at radius 1 is 0.682 bits per heavy atom. The molecule has 0 aliphatic heterocycles. The summed E-state index contributed by atoms with van der Waals surface area (Å²) in [7, 11) is 0. The summed E-state index contributed by atoms with van der Waals surface area (Å²) in [5, 5.41) is 8.94. The Balaban J connectivity index is 0.000000241. The van der Waals surface area contributed by atoms with Gasteiger partial charge in [0.2, 0.25) is 11.8 Å². The van der Waals surface area contributed by atoms with E-state index < -0.39 is 0 Å². The molecule has 0 saturated heterocycles. The van der Waals surface area contributed by atoms with Crippen molar-refractivity contribution in [2.45, 2.75) is 79.4 Å². The molecule has 0 aliphatic carbocycles. The lowest BCUT2D eigenvalue weighted by molar-refractivity contribution is 0.232. The molecule has 0 fully saturated rings. The number of nitrogens with two attached hydrogens (primary N) is 1. The molecule has 9 heteroatoms. The van der Waals surface area contributed by atoms with Gasteiger partial charge in [0.1, 0.15) is 11.6 Å². The van der Waals surface area contributed by atoms with Crippen LogP contribution in [0, 0.1) is 23.2 Å². The van der Waals surface area contributed by atoms with Crippen molar-refractivity contribution in [3.63, 3.8) is 0 Å². The number of nitrogen functional groups attached to an aromatic ring is 1. The van der Waals surface area contributed by atoms with E-state index in [2.05, 4.69) is 9.97 Å². The van der Waals surface area contributed by atoms with Gasteiger partial charge in [0.15, 0.2) is 5.75 Å². The number of aromatic nitrogens is 2. The van der Waals surface area contributed by atoms with E-state index in [0.29, 0.717) is 45.5 Å². The van der Waals surface area contributed by atoms with Crippen molar-refractivity contribution in [2.75, 3.05) is 5.73 Å². The first-order valence-corrected chi connectivity index (χ1v) is 14.5. The van der Waals surface area contributed by atoms with Crippen LogP contribution in [0.3, 0.4) is 0 Å². The van der Waals surface area contributed by atoms with Crippen molar-refractivity contribution in [1.82, 2.24) is 9.97 Å². The van der Waals surface area contributed by atoms with E-state index in [1.807, 2.05) is 61.5 Å². The van der Waals surface area contributed by atoms with E-state index in [1.54, 1.807) is 36.8 Å². The fraction of sp³-hybridized carbons (Fsp3) is 0.343. The first-order valence-electron chi connectivity index (χ1n) is 14.5. The van der Waals surface area contributed by atoms with Gasteiger partial charge in [-0.05, 0) is 92.6 Å². The minimum atomic E-state index is -0.378. The molecule has 0 saturated carbocycles. The molecular weight excluding hydrogens is 562 g/mol. The number of hydrogen-bond acceptors (Lipinski definition) is 7. The summed E-state index contributed by atoms with van der Waals surface area (Å²) < 4.78 is 44.2. The van der Waals surface area contributed by atoms with Crippen LogP contribution in [0.15, 0.2) is 60.9 Å². The molecule has 0 aliphatic rings. The van der Waals surface area contributed by atoms with Crippen LogP contribution in [0.4, 0.5) is 14.5 Å². The fourth-order valence-corrected chi connectivity index (χ4v) is 4.54. The molecule has 232 valence electrons. The van der Waals surface area contributed by atoms with Crippen LogP contribution in [-0.2, 0) is 0 Å². The Morgan fingerprint density at radius 3 is 1.59 bits per heavy atom. The van der Waals surface area contributed by atoms with Crippen LogP contribution in [0.2, 0.25) is 0 Å². The lowest BCUT2D eigenvalue weighted by Crippen LogP contribution is -2.07. The third-order valence-electron chi connectivity index (χ3n) is 6.46. The zero-order chi connectivity index (χ0) is 32.6. The average molecular weight is 603 g/mol. The number of anilines is 1. The number of halogens is 2. The molecule has 2 aromatic carbocycles. The molecule has 44 heavy (non-hydrogen) atoms. The SMILES string of the molecule is CC(C)Oc1cc(-c2cc(F)cc(C(C)C)c2N)ccn1.CC(C)Oc1cc(-c2cc(F)cc(C(C)C)c2OC#N)ccn1. The van der Waals surface area contributed by atoms with Crippen LogP contribution in [0.1, 0.15) is 78.4 Å². The number of benzene rings is 2. The molecular formula is C35H40F2N4O3. The minimum Gasteiger partial charge on any atom is -0.475 e. The number of nitrogens with zero attached hydrogens (tertiary/aromatic N) is 3. The Hall–Kier alpha value is -4.71. The maximum Gasteiger partial charge on any atom is 0.292 e. The van der Waals surface area contributed by atoms with E-state index in [4.69, 9.17) is 25.2 Å². The highest BCUT2D eigenvalue weighted by Crippen LogP contribution is 2.39. The monoisotopic (exact) mass is 602 g/mol. The Morgan fingerprint density at radius 2 is 1.14 bits per heavy atom. The van der Waals surface area contributed by atoms with Crippen LogP contribution >= 0.6 is 0 Å². The third-order valence-corrected chi connectivity index (χ3v) is 6.46. The molecule has 4 aromatic rings. The zero-order valence-electron chi connectivity index (χ0n) is 26.5. The summed E-state index contributed by atoms with van der Waals surface area (Å²) in [6.07, 6.45) is 4.93. The number of nitriles is 1. The minimum absolute atomic E-state index is 0.0148. The van der Waals surface area contributed by atoms with Crippen molar-refractivity contribution < 1.29 is 23.0 Å². The maximum absolute atomic E-state index is 14.0. The van der Waals surface area contributed by atoms with Gasteiger partial charge in [-0.2, -0.15) is 0 Å². The van der Waals surface area contributed by atoms with Gasteiger partial charge in [0, 0.05) is 46.9 Å². The Kier molecular flexibility index (Phi) is 11.6. The lowest BCUT2D eigenvalue weighted by atomic mass is 9.95. The predicted molar refractivity (Wildman–Crippen MR) is 170 cm³/mol. The average Bonchev–Trinajstić information content (AvgIpc) is 2.94. The summed E-state index contributed by atoms with van der Waals surface area (Å²) in [5.41, 5.74) is 10.9. The van der Waals surface area contributed by atoms with Crippen molar-refractivity contribution in [3.05, 3.63) is 83.7 Å². The topological polar surface area (TPSA) is 103 Å². The van der Waals surface area contributed by atoms with Gasteiger partial charge in [-0.1, -0.05) is 27.7 Å². The van der Waals surface area contributed by atoms with Crippen LogP contribution in [0.5, 0.6) is 17.5 Å². The summed E-state index contributed by atoms with van der Waals surface area (Å²) in [4.78, 5) is 8.30. The fourth-order valence-electron chi connectivity index (χ4n) is 4.54. The first kappa shape index (κ1) is 33.8. The van der Waals surface area contributed by atoms with Crippen LogP contribution in [-0.4, -0.2) is 22.2 Å². The highest BCUT2D eigenvalue weighted by Gasteiger charge is 2.18. The van der Waals surface area contributed by atoms with E-state index in [9.17, 15) is 8.78 Å². The molecule has 0 spiro atoms. The number of ether oxygens (including phenoxy) is 3.